The van der Waals surface area contributed by atoms with Gasteiger partial charge in [0.25, 0.3) is 0 Å². The summed E-state index contributed by atoms with van der Waals surface area (Å²) in [5.41, 5.74) is 1.09. The summed E-state index contributed by atoms with van der Waals surface area (Å²) in [7, 11) is 0. The molecule has 0 fully saturated rings. The average molecular weight is 213 g/mol. The van der Waals surface area contributed by atoms with Crippen molar-refractivity contribution in [1.29, 1.82) is 0 Å². The van der Waals surface area contributed by atoms with Crippen molar-refractivity contribution in [2.24, 2.45) is 0 Å². The Balaban J connectivity index is 2.27. The van der Waals surface area contributed by atoms with Crippen LogP contribution in [0.1, 0.15) is 29.6 Å². The predicted molar refractivity (Wildman–Crippen MR) is 64.5 cm³/mol. The van der Waals surface area contributed by atoms with E-state index < -0.39 is 0 Å². The lowest BCUT2D eigenvalue weighted by molar-refractivity contribution is 0.0875. The van der Waals surface area contributed by atoms with Crippen LogP contribution >= 0.6 is 0 Å². The van der Waals surface area contributed by atoms with Crippen molar-refractivity contribution in [2.75, 3.05) is 0 Å². The van der Waals surface area contributed by atoms with Gasteiger partial charge in [0.05, 0.1) is 5.92 Å². The van der Waals surface area contributed by atoms with Crippen molar-refractivity contribution in [1.82, 2.24) is 4.57 Å². The smallest absolute Gasteiger partial charge is 0.238 e. The fraction of sp³-hybridized carbons (Fsp3) is 0.214. The molecule has 2 nitrogen and oxygen atoms in total. The molecular formula is C14H15NO. The van der Waals surface area contributed by atoms with Crippen LogP contribution in [0.25, 0.3) is 0 Å². The second kappa shape index (κ2) is 4.79. The Morgan fingerprint density at radius 1 is 1.12 bits per heavy atom. The van der Waals surface area contributed by atoms with Crippen LogP contribution in [0.5, 0.6) is 0 Å². The van der Waals surface area contributed by atoms with E-state index in [4.69, 9.17) is 0 Å². The number of hydrogen-bond acceptors (Lipinski definition) is 1. The highest BCUT2D eigenvalue weighted by Crippen LogP contribution is 2.21. The summed E-state index contributed by atoms with van der Waals surface area (Å²) in [5, 5.41) is 0. The molecule has 1 unspecified atom stereocenters. The number of benzene rings is 1. The topological polar surface area (TPSA) is 22.0 Å². The molecule has 0 saturated heterocycles. The Labute approximate surface area is 95.5 Å². The lowest BCUT2D eigenvalue weighted by Crippen LogP contribution is -2.18. The Morgan fingerprint density at radius 2 is 1.75 bits per heavy atom. The molecule has 16 heavy (non-hydrogen) atoms. The first kappa shape index (κ1) is 10.7. The molecule has 0 bridgehead atoms. The maximum atomic E-state index is 12.2. The zero-order valence-electron chi connectivity index (χ0n) is 9.34. The van der Waals surface area contributed by atoms with E-state index in [0.717, 1.165) is 12.0 Å². The zero-order chi connectivity index (χ0) is 11.4. The molecule has 0 aliphatic heterocycles. The minimum Gasteiger partial charge on any atom is -0.294 e. The summed E-state index contributed by atoms with van der Waals surface area (Å²) in [4.78, 5) is 12.2. The zero-order valence-corrected chi connectivity index (χ0v) is 9.34. The van der Waals surface area contributed by atoms with Crippen molar-refractivity contribution in [2.45, 2.75) is 19.3 Å². The summed E-state index contributed by atoms with van der Waals surface area (Å²) in [6.45, 7) is 2.04. The first-order valence-electron chi connectivity index (χ1n) is 5.55. The third kappa shape index (κ3) is 2.06. The van der Waals surface area contributed by atoms with Gasteiger partial charge >= 0.3 is 0 Å². The minimum absolute atomic E-state index is 0.0476. The van der Waals surface area contributed by atoms with Gasteiger partial charge in [0, 0.05) is 12.4 Å². The lowest BCUT2D eigenvalue weighted by Gasteiger charge is -2.14. The van der Waals surface area contributed by atoms with E-state index >= 15 is 0 Å². The van der Waals surface area contributed by atoms with Gasteiger partial charge in [-0.25, -0.2) is 0 Å². The highest BCUT2D eigenvalue weighted by molar-refractivity contribution is 5.85. The maximum absolute atomic E-state index is 12.2. The van der Waals surface area contributed by atoms with Gasteiger partial charge in [-0.1, -0.05) is 37.3 Å². The number of nitrogens with zero attached hydrogens (tertiary/aromatic N) is 1. The minimum atomic E-state index is -0.0476. The number of carbonyl (C=O) groups is 1. The summed E-state index contributed by atoms with van der Waals surface area (Å²) >= 11 is 0. The molecule has 2 heteroatoms. The van der Waals surface area contributed by atoms with Crippen LogP contribution < -0.4 is 0 Å². The Kier molecular flexibility index (Phi) is 3.20. The molecule has 0 N–H and O–H groups in total. The standard InChI is InChI=1S/C14H15NO/c1-2-13(12-8-4-3-5-9-12)14(16)15-10-6-7-11-15/h3-11,13H,2H2,1H3. The highest BCUT2D eigenvalue weighted by atomic mass is 16.2. The monoisotopic (exact) mass is 213 g/mol. The van der Waals surface area contributed by atoms with E-state index in [1.54, 1.807) is 17.0 Å². The second-order valence-corrected chi connectivity index (χ2v) is 3.80. The summed E-state index contributed by atoms with van der Waals surface area (Å²) < 4.78 is 1.65. The molecule has 82 valence electrons. The Bertz CT molecular complexity index is 445. The van der Waals surface area contributed by atoms with Crippen LogP contribution in [-0.2, 0) is 0 Å². The van der Waals surface area contributed by atoms with Gasteiger partial charge in [-0.2, -0.15) is 0 Å². The van der Waals surface area contributed by atoms with E-state index in [9.17, 15) is 4.79 Å². The first-order valence-corrected chi connectivity index (χ1v) is 5.55. The molecule has 2 rings (SSSR count). The van der Waals surface area contributed by atoms with E-state index in [2.05, 4.69) is 0 Å². The summed E-state index contributed by atoms with van der Waals surface area (Å²) in [6, 6.07) is 13.7. The largest absolute Gasteiger partial charge is 0.294 e. The predicted octanol–water partition coefficient (Wildman–Crippen LogP) is 3.32. The van der Waals surface area contributed by atoms with Gasteiger partial charge in [-0.05, 0) is 24.1 Å². The molecule has 0 saturated carbocycles. The molecular weight excluding hydrogens is 198 g/mol. The van der Waals surface area contributed by atoms with Crippen molar-refractivity contribution in [3.63, 3.8) is 0 Å². The Morgan fingerprint density at radius 3 is 2.31 bits per heavy atom. The molecule has 0 aliphatic rings. The SMILES string of the molecule is CCC(C(=O)n1cccc1)c1ccccc1. The molecule has 1 atom stereocenters. The van der Waals surface area contributed by atoms with E-state index in [1.165, 1.54) is 0 Å². The maximum Gasteiger partial charge on any atom is 0.238 e. The lowest BCUT2D eigenvalue weighted by atomic mass is 9.96. The molecule has 1 heterocycles. The van der Waals surface area contributed by atoms with Crippen LogP contribution in [0, 0.1) is 0 Å². The molecule has 0 amide bonds. The molecule has 0 radical (unpaired) electrons. The molecule has 1 aromatic heterocycles. The van der Waals surface area contributed by atoms with Crippen molar-refractivity contribution >= 4 is 5.91 Å². The molecule has 0 aliphatic carbocycles. The third-order valence-electron chi connectivity index (χ3n) is 2.77. The van der Waals surface area contributed by atoms with E-state index in [-0.39, 0.29) is 11.8 Å². The fourth-order valence-corrected chi connectivity index (χ4v) is 1.90. The second-order valence-electron chi connectivity index (χ2n) is 3.80. The Hall–Kier alpha value is -1.83. The van der Waals surface area contributed by atoms with Crippen LogP contribution in [0.15, 0.2) is 54.9 Å². The first-order chi connectivity index (χ1) is 7.83. The van der Waals surface area contributed by atoms with Crippen LogP contribution in [0.3, 0.4) is 0 Å². The molecule has 1 aromatic carbocycles. The summed E-state index contributed by atoms with van der Waals surface area (Å²) in [6.07, 6.45) is 4.42. The molecule has 2 aromatic rings. The van der Waals surface area contributed by atoms with Crippen molar-refractivity contribution in [3.05, 3.63) is 60.4 Å². The number of rotatable bonds is 3. The third-order valence-corrected chi connectivity index (χ3v) is 2.77. The highest BCUT2D eigenvalue weighted by Gasteiger charge is 2.18. The number of carbonyl (C=O) groups excluding carboxylic acids is 1. The van der Waals surface area contributed by atoms with Crippen LogP contribution in [-0.4, -0.2) is 10.5 Å². The van der Waals surface area contributed by atoms with Gasteiger partial charge in [-0.15, -0.1) is 0 Å². The summed E-state index contributed by atoms with van der Waals surface area (Å²) in [5.74, 6) is 0.0901. The van der Waals surface area contributed by atoms with Crippen LogP contribution in [0.4, 0.5) is 0 Å². The normalized spacial score (nSPS) is 12.3. The van der Waals surface area contributed by atoms with Crippen molar-refractivity contribution in [3.8, 4) is 0 Å². The van der Waals surface area contributed by atoms with Crippen molar-refractivity contribution < 1.29 is 4.79 Å². The van der Waals surface area contributed by atoms with Crippen LogP contribution in [0.2, 0.25) is 0 Å². The van der Waals surface area contributed by atoms with Gasteiger partial charge in [0.2, 0.25) is 5.91 Å². The number of hydrogen-bond donors (Lipinski definition) is 0. The van der Waals surface area contributed by atoms with E-state index in [0.29, 0.717) is 0 Å². The van der Waals surface area contributed by atoms with Gasteiger partial charge in [-0.3, -0.25) is 9.36 Å². The van der Waals surface area contributed by atoms with E-state index in [1.807, 2.05) is 49.4 Å². The quantitative estimate of drug-likeness (QED) is 0.766. The van der Waals surface area contributed by atoms with Gasteiger partial charge in [0.1, 0.15) is 0 Å². The molecule has 0 spiro atoms. The number of aromatic nitrogens is 1. The van der Waals surface area contributed by atoms with Gasteiger partial charge < -0.3 is 0 Å². The average Bonchev–Trinajstić information content (AvgIpc) is 2.85. The fourth-order valence-electron chi connectivity index (χ4n) is 1.90. The van der Waals surface area contributed by atoms with Gasteiger partial charge in [0.15, 0.2) is 0 Å².